The molecule has 1 fully saturated rings. The van der Waals surface area contributed by atoms with Crippen molar-refractivity contribution in [2.75, 3.05) is 51.1 Å². The van der Waals surface area contributed by atoms with Crippen molar-refractivity contribution in [1.29, 1.82) is 0 Å². The van der Waals surface area contributed by atoms with Gasteiger partial charge in [-0.1, -0.05) is 26.2 Å². The van der Waals surface area contributed by atoms with Gasteiger partial charge in [-0.25, -0.2) is 4.79 Å². The summed E-state index contributed by atoms with van der Waals surface area (Å²) in [5.41, 5.74) is 1.29. The summed E-state index contributed by atoms with van der Waals surface area (Å²) in [6.45, 7) is 6.83. The third-order valence-electron chi connectivity index (χ3n) is 9.44. The molecule has 0 spiro atoms. The number of likely N-dealkylation sites (N-methyl/N-ethyl adjacent to an activating group) is 1. The molecule has 4 rings (SSSR count). The molecule has 0 unspecified atom stereocenters. The summed E-state index contributed by atoms with van der Waals surface area (Å²) in [6.07, 6.45) is 7.23. The van der Waals surface area contributed by atoms with E-state index in [9.17, 15) is 19.5 Å². The number of amides is 4. The fraction of sp³-hybridized carbons (Fsp3) is 0.595. The minimum atomic E-state index is -0.504. The molecule has 11 heteroatoms. The van der Waals surface area contributed by atoms with Crippen LogP contribution in [0.1, 0.15) is 82.5 Å². The molecular formula is C37H54N4O7. The van der Waals surface area contributed by atoms with Gasteiger partial charge >= 0.3 is 6.03 Å². The molecule has 0 radical (unpaired) electrons. The smallest absolute Gasteiger partial charge is 0.323 e. The second-order valence-electron chi connectivity index (χ2n) is 13.4. The number of methoxy groups -OCH3 is 1. The molecule has 1 saturated carbocycles. The van der Waals surface area contributed by atoms with Gasteiger partial charge in [0.2, 0.25) is 5.91 Å². The third kappa shape index (κ3) is 10.3. The van der Waals surface area contributed by atoms with Crippen LogP contribution in [0.3, 0.4) is 0 Å². The van der Waals surface area contributed by atoms with Crippen molar-refractivity contribution in [3.8, 4) is 11.5 Å². The van der Waals surface area contributed by atoms with E-state index >= 15 is 0 Å². The number of carbonyl (C=O) groups excluding carboxylic acids is 3. The Kier molecular flexibility index (Phi) is 13.9. The molecular weight excluding hydrogens is 612 g/mol. The Labute approximate surface area is 285 Å². The van der Waals surface area contributed by atoms with Gasteiger partial charge < -0.3 is 39.8 Å². The minimum absolute atomic E-state index is 0.0594. The summed E-state index contributed by atoms with van der Waals surface area (Å²) >= 11 is 0. The minimum Gasteiger partial charge on any atom is -0.497 e. The van der Waals surface area contributed by atoms with E-state index in [1.807, 2.05) is 25.8 Å². The van der Waals surface area contributed by atoms with Gasteiger partial charge in [-0.15, -0.1) is 0 Å². The van der Waals surface area contributed by atoms with Crippen LogP contribution in [0, 0.1) is 11.8 Å². The number of nitrogens with one attached hydrogen (secondary N) is 2. The fourth-order valence-electron chi connectivity index (χ4n) is 6.45. The Morgan fingerprint density at radius 3 is 2.35 bits per heavy atom. The van der Waals surface area contributed by atoms with Crippen LogP contribution in [0.2, 0.25) is 0 Å². The maximum absolute atomic E-state index is 14.4. The number of urea groups is 1. The molecule has 0 bridgehead atoms. The first-order valence-electron chi connectivity index (χ1n) is 17.4. The Bertz CT molecular complexity index is 1350. The van der Waals surface area contributed by atoms with Crippen LogP contribution in [-0.2, 0) is 9.53 Å². The Morgan fingerprint density at radius 2 is 1.67 bits per heavy atom. The van der Waals surface area contributed by atoms with Crippen LogP contribution < -0.4 is 20.1 Å². The average molecular weight is 667 g/mol. The normalized spacial score (nSPS) is 22.0. The topological polar surface area (TPSA) is 130 Å². The molecule has 3 N–H and O–H groups in total. The second-order valence-corrected chi connectivity index (χ2v) is 13.4. The molecule has 1 aliphatic heterocycles. The molecule has 1 aliphatic carbocycles. The molecule has 0 aromatic heterocycles. The van der Waals surface area contributed by atoms with Crippen molar-refractivity contribution in [3.63, 3.8) is 0 Å². The lowest BCUT2D eigenvalue weighted by Gasteiger charge is -2.36. The monoisotopic (exact) mass is 666 g/mol. The van der Waals surface area contributed by atoms with Gasteiger partial charge in [0.1, 0.15) is 11.5 Å². The van der Waals surface area contributed by atoms with Crippen LogP contribution in [-0.4, -0.2) is 91.5 Å². The number of hydrogen-bond acceptors (Lipinski definition) is 7. The number of rotatable bonds is 8. The van der Waals surface area contributed by atoms with E-state index in [4.69, 9.17) is 14.2 Å². The number of anilines is 2. The van der Waals surface area contributed by atoms with Gasteiger partial charge in [0, 0.05) is 50.0 Å². The van der Waals surface area contributed by atoms with Crippen molar-refractivity contribution < 1.29 is 33.7 Å². The highest BCUT2D eigenvalue weighted by molar-refractivity contribution is 6.02. The molecule has 11 nitrogen and oxygen atoms in total. The van der Waals surface area contributed by atoms with Crippen LogP contribution in [0.15, 0.2) is 42.5 Å². The van der Waals surface area contributed by atoms with E-state index in [-0.39, 0.29) is 48.0 Å². The van der Waals surface area contributed by atoms with E-state index < -0.39 is 12.1 Å². The highest BCUT2D eigenvalue weighted by Gasteiger charge is 2.32. The predicted octanol–water partition coefficient (Wildman–Crippen LogP) is 6.17. The number of aliphatic hydroxyl groups excluding tert-OH is 1. The number of nitrogens with zero attached hydrogens (tertiary/aromatic N) is 2. The number of benzene rings is 2. The van der Waals surface area contributed by atoms with Crippen LogP contribution in [0.25, 0.3) is 0 Å². The highest BCUT2D eigenvalue weighted by atomic mass is 16.5. The SMILES string of the molecule is COc1ccc(NC(=O)Nc2ccc3c(c2)C(=O)N([C@H](C)CO)C[C@H](C)[C@H](CN(C)C(=O)C2CCCCC2)OCCCC[C@@H](C)O3)cc1. The van der Waals surface area contributed by atoms with E-state index in [2.05, 4.69) is 10.6 Å². The molecule has 4 atom stereocenters. The quantitative estimate of drug-likeness (QED) is 0.307. The zero-order chi connectivity index (χ0) is 34.6. The lowest BCUT2D eigenvalue weighted by Crippen LogP contribution is -2.48. The van der Waals surface area contributed by atoms with Gasteiger partial charge in [0.25, 0.3) is 5.91 Å². The molecule has 2 aromatic carbocycles. The van der Waals surface area contributed by atoms with Crippen LogP contribution >= 0.6 is 0 Å². The van der Waals surface area contributed by atoms with Crippen molar-refractivity contribution in [3.05, 3.63) is 48.0 Å². The predicted molar refractivity (Wildman–Crippen MR) is 187 cm³/mol. The first kappa shape index (κ1) is 37.0. The number of fused-ring (bicyclic) bond motifs is 1. The van der Waals surface area contributed by atoms with Gasteiger partial charge in [-0.3, -0.25) is 9.59 Å². The van der Waals surface area contributed by atoms with Crippen molar-refractivity contribution >= 4 is 29.2 Å². The third-order valence-corrected chi connectivity index (χ3v) is 9.44. The molecule has 2 aliphatic rings. The first-order valence-corrected chi connectivity index (χ1v) is 17.4. The van der Waals surface area contributed by atoms with Gasteiger partial charge in [0.05, 0.1) is 37.5 Å². The van der Waals surface area contributed by atoms with Gasteiger partial charge in [0.15, 0.2) is 0 Å². The van der Waals surface area contributed by atoms with Crippen molar-refractivity contribution in [1.82, 2.24) is 9.80 Å². The maximum atomic E-state index is 14.4. The lowest BCUT2D eigenvalue weighted by molar-refractivity contribution is -0.137. The molecule has 2 aromatic rings. The number of hydrogen-bond donors (Lipinski definition) is 3. The molecule has 48 heavy (non-hydrogen) atoms. The van der Waals surface area contributed by atoms with E-state index in [0.29, 0.717) is 42.6 Å². The largest absolute Gasteiger partial charge is 0.497 e. The zero-order valence-electron chi connectivity index (χ0n) is 29.2. The Hall–Kier alpha value is -3.83. The average Bonchev–Trinajstić information content (AvgIpc) is 3.09. The number of carbonyl (C=O) groups is 3. The maximum Gasteiger partial charge on any atom is 0.323 e. The lowest BCUT2D eigenvalue weighted by atomic mass is 9.88. The zero-order valence-corrected chi connectivity index (χ0v) is 29.2. The number of aliphatic hydroxyl groups is 1. The van der Waals surface area contributed by atoms with Crippen molar-refractivity contribution in [2.45, 2.75) is 90.4 Å². The molecule has 264 valence electrons. The summed E-state index contributed by atoms with van der Waals surface area (Å²) in [5, 5.41) is 15.9. The van der Waals surface area contributed by atoms with E-state index in [1.54, 1.807) is 61.4 Å². The van der Waals surface area contributed by atoms with Crippen LogP contribution in [0.4, 0.5) is 16.2 Å². The summed E-state index contributed by atoms with van der Waals surface area (Å²) in [6, 6.07) is 11.0. The van der Waals surface area contributed by atoms with Gasteiger partial charge in [-0.05, 0) is 88.4 Å². The Morgan fingerprint density at radius 1 is 1.00 bits per heavy atom. The van der Waals surface area contributed by atoms with E-state index in [1.165, 1.54) is 6.42 Å². The standard InChI is InChI=1S/C37H54N4O7/c1-25-22-41(26(2)24-42)36(44)32-21-30(39-37(45)38-29-14-17-31(46-5)18-15-29)16-19-33(32)48-27(3)11-9-10-20-47-34(25)23-40(4)35(43)28-12-7-6-8-13-28/h14-19,21,25-28,34,42H,6-13,20,22-24H2,1-5H3,(H2,38,39,45)/t25-,26+,27+,34-/m0/s1. The van der Waals surface area contributed by atoms with Gasteiger partial charge in [-0.2, -0.15) is 0 Å². The van der Waals surface area contributed by atoms with Crippen molar-refractivity contribution in [2.24, 2.45) is 11.8 Å². The number of ether oxygens (including phenoxy) is 3. The fourth-order valence-corrected chi connectivity index (χ4v) is 6.45. The second kappa shape index (κ2) is 18.1. The highest BCUT2D eigenvalue weighted by Crippen LogP contribution is 2.29. The summed E-state index contributed by atoms with van der Waals surface area (Å²) in [5.74, 6) is 0.842. The molecule has 0 saturated heterocycles. The summed E-state index contributed by atoms with van der Waals surface area (Å²) in [4.78, 5) is 44.1. The van der Waals surface area contributed by atoms with Crippen LogP contribution in [0.5, 0.6) is 11.5 Å². The van der Waals surface area contributed by atoms with E-state index in [0.717, 1.165) is 44.9 Å². The molecule has 1 heterocycles. The molecule has 4 amide bonds. The summed E-state index contributed by atoms with van der Waals surface area (Å²) < 4.78 is 17.9. The first-order chi connectivity index (χ1) is 23.1. The Balaban J connectivity index is 1.57. The summed E-state index contributed by atoms with van der Waals surface area (Å²) in [7, 11) is 3.43.